The molecule has 1 saturated carbocycles. The first-order valence-corrected chi connectivity index (χ1v) is 7.76. The summed E-state index contributed by atoms with van der Waals surface area (Å²) in [7, 11) is 0. The Morgan fingerprint density at radius 2 is 2.05 bits per heavy atom. The molecule has 1 saturated heterocycles. The van der Waals surface area contributed by atoms with E-state index in [0.29, 0.717) is 18.5 Å². The number of carbonyl (C=O) groups is 1. The van der Waals surface area contributed by atoms with Gasteiger partial charge in [0.15, 0.2) is 0 Å². The summed E-state index contributed by atoms with van der Waals surface area (Å²) in [6.07, 6.45) is 5.55. The normalized spacial score (nSPS) is 30.1. The fourth-order valence-corrected chi connectivity index (χ4v) is 4.04. The largest absolute Gasteiger partial charge is 0.480 e. The van der Waals surface area contributed by atoms with Crippen molar-refractivity contribution in [1.82, 2.24) is 4.90 Å². The van der Waals surface area contributed by atoms with Crippen LogP contribution in [0.2, 0.25) is 5.02 Å². The van der Waals surface area contributed by atoms with Gasteiger partial charge in [-0.2, -0.15) is 0 Å². The summed E-state index contributed by atoms with van der Waals surface area (Å²) in [5.74, 6) is -0.140. The van der Waals surface area contributed by atoms with Crippen molar-refractivity contribution in [3.8, 4) is 0 Å². The first-order chi connectivity index (χ1) is 9.66. The summed E-state index contributed by atoms with van der Waals surface area (Å²) in [4.78, 5) is 13.7. The van der Waals surface area contributed by atoms with Crippen LogP contribution < -0.4 is 0 Å². The van der Waals surface area contributed by atoms with Gasteiger partial charge >= 0.3 is 5.97 Å². The lowest BCUT2D eigenvalue weighted by atomic mass is 9.84. The average molecular weight is 294 g/mol. The van der Waals surface area contributed by atoms with E-state index < -0.39 is 5.97 Å². The molecule has 2 fully saturated rings. The van der Waals surface area contributed by atoms with Gasteiger partial charge in [-0.3, -0.25) is 9.69 Å². The summed E-state index contributed by atoms with van der Waals surface area (Å²) >= 11 is 6.23. The third kappa shape index (κ3) is 2.57. The molecule has 0 amide bonds. The predicted molar refractivity (Wildman–Crippen MR) is 78.8 cm³/mol. The third-order valence-electron chi connectivity index (χ3n) is 4.82. The fourth-order valence-electron chi connectivity index (χ4n) is 3.85. The zero-order chi connectivity index (χ0) is 14.1. The van der Waals surface area contributed by atoms with Crippen molar-refractivity contribution in [2.24, 2.45) is 5.92 Å². The Morgan fingerprint density at radius 1 is 1.30 bits per heavy atom. The molecule has 0 radical (unpaired) electrons. The van der Waals surface area contributed by atoms with Crippen LogP contribution in [0, 0.1) is 5.92 Å². The highest BCUT2D eigenvalue weighted by atomic mass is 35.5. The number of benzene rings is 1. The monoisotopic (exact) mass is 293 g/mol. The maximum absolute atomic E-state index is 11.6. The second-order valence-corrected chi connectivity index (χ2v) is 6.37. The molecule has 0 bridgehead atoms. The van der Waals surface area contributed by atoms with E-state index in [2.05, 4.69) is 4.90 Å². The van der Waals surface area contributed by atoms with E-state index >= 15 is 0 Å². The van der Waals surface area contributed by atoms with Crippen LogP contribution in [0.3, 0.4) is 0 Å². The van der Waals surface area contributed by atoms with Crippen LogP contribution in [0.4, 0.5) is 0 Å². The van der Waals surface area contributed by atoms with Crippen LogP contribution in [0.1, 0.15) is 37.7 Å². The van der Waals surface area contributed by atoms with Gasteiger partial charge in [0.05, 0.1) is 0 Å². The highest BCUT2D eigenvalue weighted by Gasteiger charge is 2.45. The lowest BCUT2D eigenvalue weighted by molar-refractivity contribution is -0.142. The molecule has 1 N–H and O–H groups in total. The lowest BCUT2D eigenvalue weighted by Crippen LogP contribution is -2.41. The molecule has 1 aliphatic carbocycles. The highest BCUT2D eigenvalue weighted by molar-refractivity contribution is 6.31. The maximum Gasteiger partial charge on any atom is 0.320 e. The number of rotatable bonds is 3. The number of aliphatic carboxylic acids is 1. The van der Waals surface area contributed by atoms with Crippen LogP contribution in [0.25, 0.3) is 0 Å². The molecular weight excluding hydrogens is 274 g/mol. The van der Waals surface area contributed by atoms with Crippen molar-refractivity contribution < 1.29 is 9.90 Å². The van der Waals surface area contributed by atoms with Crippen molar-refractivity contribution in [2.45, 2.75) is 50.7 Å². The number of nitrogens with zero attached hydrogens (tertiary/aromatic N) is 1. The Kier molecular flexibility index (Phi) is 3.99. The van der Waals surface area contributed by atoms with Gasteiger partial charge in [0.1, 0.15) is 6.04 Å². The number of hydrogen-bond acceptors (Lipinski definition) is 2. The quantitative estimate of drug-likeness (QED) is 0.926. The maximum atomic E-state index is 11.6. The molecule has 108 valence electrons. The van der Waals surface area contributed by atoms with Gasteiger partial charge < -0.3 is 5.11 Å². The molecule has 1 aromatic carbocycles. The summed E-state index contributed by atoms with van der Waals surface area (Å²) in [5.41, 5.74) is 1.03. The second-order valence-electron chi connectivity index (χ2n) is 5.97. The van der Waals surface area contributed by atoms with E-state index in [1.165, 1.54) is 19.3 Å². The van der Waals surface area contributed by atoms with Crippen molar-refractivity contribution in [3.63, 3.8) is 0 Å². The molecule has 1 aliphatic heterocycles. The molecule has 0 aromatic heterocycles. The SMILES string of the molecule is O=C(O)[C@@H]1C[C@@H]2CCCC[C@@H]2N1Cc1ccccc1Cl. The Morgan fingerprint density at radius 3 is 2.80 bits per heavy atom. The van der Waals surface area contributed by atoms with Gasteiger partial charge in [0.2, 0.25) is 0 Å². The van der Waals surface area contributed by atoms with E-state index in [-0.39, 0.29) is 6.04 Å². The molecule has 3 atom stereocenters. The molecule has 20 heavy (non-hydrogen) atoms. The Labute approximate surface area is 124 Å². The predicted octanol–water partition coefficient (Wildman–Crippen LogP) is 3.56. The van der Waals surface area contributed by atoms with Crippen molar-refractivity contribution >= 4 is 17.6 Å². The van der Waals surface area contributed by atoms with Gasteiger partial charge in [-0.1, -0.05) is 42.6 Å². The molecule has 1 aromatic rings. The molecule has 3 nitrogen and oxygen atoms in total. The molecule has 0 spiro atoms. The van der Waals surface area contributed by atoms with Crippen molar-refractivity contribution in [1.29, 1.82) is 0 Å². The van der Waals surface area contributed by atoms with Crippen molar-refractivity contribution in [2.75, 3.05) is 0 Å². The molecular formula is C16H20ClNO2. The van der Waals surface area contributed by atoms with Gasteiger partial charge in [-0.15, -0.1) is 0 Å². The van der Waals surface area contributed by atoms with Crippen molar-refractivity contribution in [3.05, 3.63) is 34.9 Å². The molecule has 3 rings (SSSR count). The number of carboxylic acid groups (broad SMARTS) is 1. The number of fused-ring (bicyclic) bond motifs is 1. The van der Waals surface area contributed by atoms with Crippen LogP contribution in [-0.4, -0.2) is 28.1 Å². The van der Waals surface area contributed by atoms with Gasteiger partial charge in [0, 0.05) is 17.6 Å². The standard InChI is InChI=1S/C16H20ClNO2/c17-13-7-3-1-6-12(13)10-18-14-8-4-2-5-11(14)9-15(18)16(19)20/h1,3,6-7,11,14-15H,2,4-5,8-10H2,(H,19,20)/t11-,14-,15-/m0/s1. The van der Waals surface area contributed by atoms with E-state index in [1.54, 1.807) is 0 Å². The Bertz CT molecular complexity index is 505. The zero-order valence-electron chi connectivity index (χ0n) is 11.5. The van der Waals surface area contributed by atoms with Gasteiger partial charge in [-0.25, -0.2) is 0 Å². The number of likely N-dealkylation sites (tertiary alicyclic amines) is 1. The molecule has 0 unspecified atom stereocenters. The summed E-state index contributed by atoms with van der Waals surface area (Å²) in [6, 6.07) is 7.82. The van der Waals surface area contributed by atoms with Crippen LogP contribution in [-0.2, 0) is 11.3 Å². The fraction of sp³-hybridized carbons (Fsp3) is 0.562. The first-order valence-electron chi connectivity index (χ1n) is 7.39. The van der Waals surface area contributed by atoms with Gasteiger partial charge in [-0.05, 0) is 36.8 Å². The number of carboxylic acids is 1. The zero-order valence-corrected chi connectivity index (χ0v) is 12.2. The van der Waals surface area contributed by atoms with E-state index in [4.69, 9.17) is 11.6 Å². The number of halogens is 1. The Balaban J connectivity index is 1.84. The minimum absolute atomic E-state index is 0.348. The second kappa shape index (κ2) is 5.74. The number of hydrogen-bond donors (Lipinski definition) is 1. The first kappa shape index (κ1) is 13.9. The van der Waals surface area contributed by atoms with E-state index in [0.717, 1.165) is 23.4 Å². The summed E-state index contributed by atoms with van der Waals surface area (Å²) in [6.45, 7) is 0.651. The van der Waals surface area contributed by atoms with Crippen LogP contribution in [0.5, 0.6) is 0 Å². The topological polar surface area (TPSA) is 40.5 Å². The summed E-state index contributed by atoms with van der Waals surface area (Å²) in [5, 5.41) is 10.2. The summed E-state index contributed by atoms with van der Waals surface area (Å²) < 4.78 is 0. The Hall–Kier alpha value is -1.06. The minimum atomic E-state index is -0.688. The molecule has 4 heteroatoms. The molecule has 2 aliphatic rings. The van der Waals surface area contributed by atoms with Gasteiger partial charge in [0.25, 0.3) is 0 Å². The lowest BCUT2D eigenvalue weighted by Gasteiger charge is -2.33. The van der Waals surface area contributed by atoms with E-state index in [9.17, 15) is 9.90 Å². The third-order valence-corrected chi connectivity index (χ3v) is 5.19. The minimum Gasteiger partial charge on any atom is -0.480 e. The van der Waals surface area contributed by atoms with E-state index in [1.807, 2.05) is 24.3 Å². The average Bonchev–Trinajstić information content (AvgIpc) is 2.81. The van der Waals surface area contributed by atoms with Crippen LogP contribution >= 0.6 is 11.6 Å². The van der Waals surface area contributed by atoms with Crippen LogP contribution in [0.15, 0.2) is 24.3 Å². The molecule has 1 heterocycles. The smallest absolute Gasteiger partial charge is 0.320 e. The highest BCUT2D eigenvalue weighted by Crippen LogP contribution is 2.40.